The molecule has 2 aromatic carbocycles. The van der Waals surface area contributed by atoms with Crippen molar-refractivity contribution in [1.82, 2.24) is 9.80 Å². The highest BCUT2D eigenvalue weighted by molar-refractivity contribution is 5.94. The first kappa shape index (κ1) is 18.0. The Kier molecular flexibility index (Phi) is 5.39. The van der Waals surface area contributed by atoms with E-state index in [-0.39, 0.29) is 11.7 Å². The molecule has 0 aromatic heterocycles. The third-order valence-corrected chi connectivity index (χ3v) is 5.57. The van der Waals surface area contributed by atoms with E-state index < -0.39 is 0 Å². The Hall–Kier alpha value is -2.40. The number of para-hydroxylation sites is 1. The number of anilines is 1. The van der Waals surface area contributed by atoms with Crippen LogP contribution in [-0.2, 0) is 6.54 Å². The van der Waals surface area contributed by atoms with Crippen molar-refractivity contribution in [3.63, 3.8) is 0 Å². The Labute approximate surface area is 160 Å². The van der Waals surface area contributed by atoms with Gasteiger partial charge >= 0.3 is 0 Å². The molecule has 0 spiro atoms. The minimum atomic E-state index is -0.149. The van der Waals surface area contributed by atoms with Crippen LogP contribution in [-0.4, -0.2) is 55.0 Å². The van der Waals surface area contributed by atoms with Gasteiger partial charge in [-0.25, -0.2) is 4.39 Å². The Balaban J connectivity index is 1.31. The summed E-state index contributed by atoms with van der Waals surface area (Å²) in [6, 6.07) is 15.0. The van der Waals surface area contributed by atoms with Crippen molar-refractivity contribution in [2.24, 2.45) is 0 Å². The van der Waals surface area contributed by atoms with Crippen molar-refractivity contribution >= 4 is 11.6 Å². The molecule has 2 aromatic rings. The lowest BCUT2D eigenvalue weighted by Crippen LogP contribution is -2.46. The molecule has 2 saturated heterocycles. The number of rotatable bonds is 4. The van der Waals surface area contributed by atoms with Gasteiger partial charge in [-0.3, -0.25) is 9.69 Å². The molecule has 4 rings (SSSR count). The third-order valence-electron chi connectivity index (χ3n) is 5.57. The van der Waals surface area contributed by atoms with E-state index in [4.69, 9.17) is 0 Å². The molecule has 1 amide bonds. The van der Waals surface area contributed by atoms with E-state index in [1.165, 1.54) is 11.6 Å². The number of hydrogen-bond donors (Lipinski definition) is 0. The zero-order valence-electron chi connectivity index (χ0n) is 15.6. The maximum absolute atomic E-state index is 13.9. The number of amides is 1. The summed E-state index contributed by atoms with van der Waals surface area (Å²) in [4.78, 5) is 18.9. The van der Waals surface area contributed by atoms with Crippen LogP contribution in [0.4, 0.5) is 10.1 Å². The fraction of sp³-hybridized carbons (Fsp3) is 0.409. The van der Waals surface area contributed by atoms with Crippen LogP contribution in [0.1, 0.15) is 28.8 Å². The van der Waals surface area contributed by atoms with Crippen LogP contribution in [0.2, 0.25) is 0 Å². The van der Waals surface area contributed by atoms with Gasteiger partial charge in [-0.2, -0.15) is 0 Å². The molecule has 0 bridgehead atoms. The Morgan fingerprint density at radius 1 is 0.852 bits per heavy atom. The molecule has 2 aliphatic rings. The molecule has 0 aliphatic carbocycles. The topological polar surface area (TPSA) is 26.8 Å². The largest absolute Gasteiger partial charge is 0.367 e. The van der Waals surface area contributed by atoms with Crippen molar-refractivity contribution in [2.75, 3.05) is 44.2 Å². The summed E-state index contributed by atoms with van der Waals surface area (Å²) in [5.41, 5.74) is 2.69. The lowest BCUT2D eigenvalue weighted by Gasteiger charge is -2.36. The van der Waals surface area contributed by atoms with Gasteiger partial charge in [0.2, 0.25) is 0 Å². The second kappa shape index (κ2) is 8.09. The highest BCUT2D eigenvalue weighted by Crippen LogP contribution is 2.21. The number of likely N-dealkylation sites (tertiary alicyclic amines) is 1. The highest BCUT2D eigenvalue weighted by atomic mass is 19.1. The standard InChI is InChI=1S/C22H26FN3O/c23-20-5-1-2-6-21(20)25-15-13-24(14-16-25)17-18-7-9-19(10-8-18)22(27)26-11-3-4-12-26/h1-2,5-10H,3-4,11-17H2. The average molecular weight is 367 g/mol. The van der Waals surface area contributed by atoms with Gasteiger partial charge in [0.15, 0.2) is 0 Å². The minimum absolute atomic E-state index is 0.149. The summed E-state index contributed by atoms with van der Waals surface area (Å²) < 4.78 is 13.9. The Morgan fingerprint density at radius 3 is 2.19 bits per heavy atom. The molecule has 0 radical (unpaired) electrons. The van der Waals surface area contributed by atoms with Gasteiger partial charge in [-0.1, -0.05) is 24.3 Å². The van der Waals surface area contributed by atoms with E-state index in [9.17, 15) is 9.18 Å². The normalized spacial score (nSPS) is 18.1. The molecular weight excluding hydrogens is 341 g/mol. The lowest BCUT2D eigenvalue weighted by atomic mass is 10.1. The third kappa shape index (κ3) is 4.14. The molecule has 27 heavy (non-hydrogen) atoms. The van der Waals surface area contributed by atoms with Crippen molar-refractivity contribution in [3.05, 3.63) is 65.5 Å². The van der Waals surface area contributed by atoms with Crippen LogP contribution in [0.25, 0.3) is 0 Å². The van der Waals surface area contributed by atoms with Crippen LogP contribution in [0.3, 0.4) is 0 Å². The molecule has 142 valence electrons. The van der Waals surface area contributed by atoms with Gasteiger partial charge in [0.05, 0.1) is 5.69 Å². The van der Waals surface area contributed by atoms with Crippen LogP contribution in [0, 0.1) is 5.82 Å². The average Bonchev–Trinajstić information content (AvgIpc) is 3.24. The second-order valence-corrected chi connectivity index (χ2v) is 7.41. The first-order valence-electron chi connectivity index (χ1n) is 9.81. The van der Waals surface area contributed by atoms with E-state index in [1.54, 1.807) is 6.07 Å². The molecular formula is C22H26FN3O. The number of benzene rings is 2. The summed E-state index contributed by atoms with van der Waals surface area (Å²) in [5, 5.41) is 0. The zero-order valence-corrected chi connectivity index (χ0v) is 15.6. The van der Waals surface area contributed by atoms with Gasteiger partial charge in [-0.15, -0.1) is 0 Å². The van der Waals surface area contributed by atoms with Gasteiger partial charge in [-0.05, 0) is 42.7 Å². The fourth-order valence-electron chi connectivity index (χ4n) is 3.97. The van der Waals surface area contributed by atoms with Crippen molar-refractivity contribution in [2.45, 2.75) is 19.4 Å². The van der Waals surface area contributed by atoms with Gasteiger partial charge < -0.3 is 9.80 Å². The van der Waals surface area contributed by atoms with E-state index in [1.807, 2.05) is 29.2 Å². The number of piperazine rings is 1. The predicted octanol–water partition coefficient (Wildman–Crippen LogP) is 3.38. The van der Waals surface area contributed by atoms with Gasteiger partial charge in [0.25, 0.3) is 5.91 Å². The maximum atomic E-state index is 13.9. The molecule has 5 heteroatoms. The Morgan fingerprint density at radius 2 is 1.52 bits per heavy atom. The molecule has 0 atom stereocenters. The van der Waals surface area contributed by atoms with E-state index in [2.05, 4.69) is 21.9 Å². The van der Waals surface area contributed by atoms with Crippen LogP contribution < -0.4 is 4.90 Å². The van der Waals surface area contributed by atoms with Crippen LogP contribution in [0.5, 0.6) is 0 Å². The van der Waals surface area contributed by atoms with Crippen LogP contribution >= 0.6 is 0 Å². The number of carbonyl (C=O) groups excluding carboxylic acids is 1. The molecule has 4 nitrogen and oxygen atoms in total. The summed E-state index contributed by atoms with van der Waals surface area (Å²) in [7, 11) is 0. The number of nitrogens with zero attached hydrogens (tertiary/aromatic N) is 3. The number of halogens is 1. The first-order valence-corrected chi connectivity index (χ1v) is 9.81. The SMILES string of the molecule is O=C(c1ccc(CN2CCN(c3ccccc3F)CC2)cc1)N1CCCC1. The van der Waals surface area contributed by atoms with E-state index in [0.717, 1.165) is 64.2 Å². The maximum Gasteiger partial charge on any atom is 0.253 e. The smallest absolute Gasteiger partial charge is 0.253 e. The fourth-order valence-corrected chi connectivity index (χ4v) is 3.97. The molecule has 0 N–H and O–H groups in total. The quantitative estimate of drug-likeness (QED) is 0.829. The van der Waals surface area contributed by atoms with E-state index >= 15 is 0 Å². The van der Waals surface area contributed by atoms with Crippen molar-refractivity contribution in [3.8, 4) is 0 Å². The minimum Gasteiger partial charge on any atom is -0.367 e. The summed E-state index contributed by atoms with van der Waals surface area (Å²) in [6.45, 7) is 6.09. The van der Waals surface area contributed by atoms with Gasteiger partial charge in [0.1, 0.15) is 5.82 Å². The second-order valence-electron chi connectivity index (χ2n) is 7.41. The number of hydrogen-bond acceptors (Lipinski definition) is 3. The number of carbonyl (C=O) groups is 1. The molecule has 2 heterocycles. The predicted molar refractivity (Wildman–Crippen MR) is 105 cm³/mol. The summed E-state index contributed by atoms with van der Waals surface area (Å²) in [5.74, 6) is 0.00163. The van der Waals surface area contributed by atoms with E-state index in [0.29, 0.717) is 5.69 Å². The van der Waals surface area contributed by atoms with Crippen molar-refractivity contribution < 1.29 is 9.18 Å². The Bertz CT molecular complexity index is 778. The summed E-state index contributed by atoms with van der Waals surface area (Å²) in [6.07, 6.45) is 2.23. The van der Waals surface area contributed by atoms with Crippen molar-refractivity contribution in [1.29, 1.82) is 0 Å². The lowest BCUT2D eigenvalue weighted by molar-refractivity contribution is 0.0793. The zero-order chi connectivity index (χ0) is 18.6. The molecule has 2 fully saturated rings. The highest BCUT2D eigenvalue weighted by Gasteiger charge is 2.21. The molecule has 0 unspecified atom stereocenters. The first-order chi connectivity index (χ1) is 13.2. The monoisotopic (exact) mass is 367 g/mol. The van der Waals surface area contributed by atoms with Crippen LogP contribution in [0.15, 0.2) is 48.5 Å². The molecule has 2 aliphatic heterocycles. The van der Waals surface area contributed by atoms with Gasteiger partial charge in [0, 0.05) is 51.4 Å². The summed E-state index contributed by atoms with van der Waals surface area (Å²) >= 11 is 0. The molecule has 0 saturated carbocycles.